The summed E-state index contributed by atoms with van der Waals surface area (Å²) in [6, 6.07) is 5.85. The number of thioether (sulfide) groups is 1. The fourth-order valence-electron chi connectivity index (χ4n) is 3.34. The second-order valence-electron chi connectivity index (χ2n) is 8.78. The summed E-state index contributed by atoms with van der Waals surface area (Å²) >= 11 is 0.771. The van der Waals surface area contributed by atoms with Gasteiger partial charge < -0.3 is 14.2 Å². The van der Waals surface area contributed by atoms with Crippen LogP contribution in [0.1, 0.15) is 36.2 Å². The number of carbonyl (C=O) groups is 2. The zero-order valence-electron chi connectivity index (χ0n) is 20.7. The van der Waals surface area contributed by atoms with E-state index in [0.29, 0.717) is 0 Å². The highest BCUT2D eigenvalue weighted by molar-refractivity contribution is 8.13. The fraction of sp³-hybridized carbons (Fsp3) is 0.280. The minimum atomic E-state index is -5.62. The van der Waals surface area contributed by atoms with Crippen LogP contribution in [0.5, 0.6) is 5.75 Å². The van der Waals surface area contributed by atoms with Crippen LogP contribution in [0, 0.1) is 35.0 Å². The van der Waals surface area contributed by atoms with Gasteiger partial charge in [-0.1, -0.05) is 43.8 Å². The molecule has 0 heterocycles. The van der Waals surface area contributed by atoms with Crippen LogP contribution >= 0.6 is 19.4 Å². The van der Waals surface area contributed by atoms with E-state index in [1.54, 1.807) is 13.8 Å². The highest BCUT2D eigenvalue weighted by Crippen LogP contribution is 2.63. The lowest BCUT2D eigenvalue weighted by atomic mass is 10.0. The molecule has 1 N–H and O–H groups in total. The van der Waals surface area contributed by atoms with Crippen LogP contribution in [0.4, 0.5) is 30.7 Å². The number of benzene rings is 3. The maximum atomic E-state index is 15.0. The Morgan fingerprint density at radius 3 is 2.10 bits per heavy atom. The summed E-state index contributed by atoms with van der Waals surface area (Å²) in [6.07, 6.45) is 0.228. The van der Waals surface area contributed by atoms with Gasteiger partial charge in [-0.15, -0.1) is 0 Å². The van der Waals surface area contributed by atoms with Crippen LogP contribution in [0.3, 0.4) is 0 Å². The second kappa shape index (κ2) is 12.3. The number of hydrogen-bond acceptors (Lipinski definition) is 6. The monoisotopic (exact) mass is 612 g/mol. The zero-order valence-corrected chi connectivity index (χ0v) is 22.4. The van der Waals surface area contributed by atoms with E-state index in [1.807, 2.05) is 0 Å². The van der Waals surface area contributed by atoms with Crippen molar-refractivity contribution in [3.05, 3.63) is 76.6 Å². The number of halogens is 7. The van der Waals surface area contributed by atoms with Crippen molar-refractivity contribution in [3.63, 3.8) is 0 Å². The normalized spacial score (nSPS) is 13.5. The van der Waals surface area contributed by atoms with Crippen molar-refractivity contribution in [2.45, 2.75) is 25.9 Å². The van der Waals surface area contributed by atoms with Crippen molar-refractivity contribution < 1.29 is 59.0 Å². The molecule has 15 heteroatoms. The maximum Gasteiger partial charge on any atom is 0.401 e. The molecule has 0 saturated carbocycles. The molecule has 3 aromatic rings. The minimum Gasteiger partial charge on any atom is -0.416 e. The number of fused-ring (bicyclic) bond motifs is 1. The average Bonchev–Trinajstić information content (AvgIpc) is 2.90. The fourth-order valence-corrected chi connectivity index (χ4v) is 5.28. The molecule has 1 atom stereocenters. The Morgan fingerprint density at radius 2 is 1.50 bits per heavy atom. The molecule has 0 bridgehead atoms. The first kappa shape index (κ1) is 31.6. The molecular formula is C25H20F7O6PS. The lowest BCUT2D eigenvalue weighted by Crippen LogP contribution is -2.17. The van der Waals surface area contributed by atoms with Crippen molar-refractivity contribution in [2.75, 3.05) is 12.4 Å². The molecule has 0 amide bonds. The van der Waals surface area contributed by atoms with E-state index in [2.05, 4.69) is 9.26 Å². The Bertz CT molecular complexity index is 1490. The van der Waals surface area contributed by atoms with Crippen molar-refractivity contribution in [2.24, 2.45) is 5.92 Å². The molecule has 0 aliphatic heterocycles. The lowest BCUT2D eigenvalue weighted by Gasteiger charge is -2.22. The Morgan fingerprint density at radius 1 is 0.925 bits per heavy atom. The number of rotatable bonds is 10. The highest BCUT2D eigenvalue weighted by atomic mass is 32.2. The van der Waals surface area contributed by atoms with E-state index in [9.17, 15) is 49.8 Å². The first-order valence-electron chi connectivity index (χ1n) is 11.4. The van der Waals surface area contributed by atoms with Gasteiger partial charge in [0.05, 0.1) is 12.2 Å². The molecule has 6 nitrogen and oxygen atoms in total. The molecule has 0 radical (unpaired) electrons. The predicted octanol–water partition coefficient (Wildman–Crippen LogP) is 7.31. The van der Waals surface area contributed by atoms with Crippen molar-refractivity contribution in [1.29, 1.82) is 0 Å². The Kier molecular flexibility index (Phi) is 9.71. The quantitative estimate of drug-likeness (QED) is 0.0489. The number of hydrogen-bond donors (Lipinski definition) is 1. The minimum absolute atomic E-state index is 0.0701. The van der Waals surface area contributed by atoms with Gasteiger partial charge in [-0.3, -0.25) is 9.36 Å². The second-order valence-corrected chi connectivity index (χ2v) is 11.8. The Hall–Kier alpha value is -2.93. The molecule has 0 saturated heterocycles. The van der Waals surface area contributed by atoms with Gasteiger partial charge in [-0.25, -0.2) is 18.0 Å². The van der Waals surface area contributed by atoms with E-state index >= 15 is 0 Å². The topological polar surface area (TPSA) is 89.9 Å². The number of esters is 1. The van der Waals surface area contributed by atoms with Gasteiger partial charge in [-0.2, -0.15) is 17.6 Å². The number of ether oxygens (including phenoxy) is 1. The molecule has 3 aromatic carbocycles. The molecular weight excluding hydrogens is 592 g/mol. The van der Waals surface area contributed by atoms with Crippen molar-refractivity contribution >= 4 is 41.2 Å². The summed E-state index contributed by atoms with van der Waals surface area (Å²) < 4.78 is 119. The number of carbonyl (C=O) groups excluding carboxylic acids is 2. The average molecular weight is 612 g/mol. The van der Waals surface area contributed by atoms with E-state index in [1.165, 1.54) is 6.07 Å². The lowest BCUT2D eigenvalue weighted by molar-refractivity contribution is -0.111. The predicted molar refractivity (Wildman–Crippen MR) is 132 cm³/mol. The third kappa shape index (κ3) is 6.68. The van der Waals surface area contributed by atoms with E-state index < -0.39 is 71.8 Å². The van der Waals surface area contributed by atoms with Crippen molar-refractivity contribution in [3.8, 4) is 5.75 Å². The molecule has 0 aromatic heterocycles. The standard InChI is InChI=1S/C25H20F7O6PS/c1-12(2)9-17(33)40-8-7-37-39(35,36)25(31,32)16-6-5-13-3-4-14(10-15(13)11-16)24(34)38-23-21(29)19(27)18(26)20(28)22(23)30/h3-6,10-12H,7-9H2,1-2H3,(H,35,36). The maximum absolute atomic E-state index is 15.0. The van der Waals surface area contributed by atoms with Crippen LogP contribution in [0.15, 0.2) is 36.4 Å². The van der Waals surface area contributed by atoms with Gasteiger partial charge in [-0.05, 0) is 34.9 Å². The van der Waals surface area contributed by atoms with E-state index in [0.717, 1.165) is 42.1 Å². The summed E-state index contributed by atoms with van der Waals surface area (Å²) in [5.41, 5.74) is -5.94. The molecule has 216 valence electrons. The molecule has 0 aliphatic carbocycles. The summed E-state index contributed by atoms with van der Waals surface area (Å²) in [5, 5.41) is -0.123. The van der Waals surface area contributed by atoms with Gasteiger partial charge in [0, 0.05) is 17.7 Å². The van der Waals surface area contributed by atoms with Gasteiger partial charge in [0.15, 0.2) is 5.12 Å². The third-order valence-electron chi connectivity index (χ3n) is 5.33. The smallest absolute Gasteiger partial charge is 0.401 e. The largest absolute Gasteiger partial charge is 0.416 e. The summed E-state index contributed by atoms with van der Waals surface area (Å²) in [7, 11) is -5.62. The molecule has 40 heavy (non-hydrogen) atoms. The van der Waals surface area contributed by atoms with E-state index in [-0.39, 0.29) is 34.0 Å². The third-order valence-corrected chi connectivity index (χ3v) is 7.69. The van der Waals surface area contributed by atoms with Crippen molar-refractivity contribution in [1.82, 2.24) is 0 Å². The van der Waals surface area contributed by atoms with Crippen LogP contribution in [-0.2, 0) is 19.5 Å². The zero-order chi connectivity index (χ0) is 30.0. The first-order valence-corrected chi connectivity index (χ1v) is 13.9. The molecule has 0 fully saturated rings. The van der Waals surface area contributed by atoms with Gasteiger partial charge in [0.25, 0.3) is 0 Å². The summed E-state index contributed by atoms with van der Waals surface area (Å²) in [5.74, 6) is -15.4. The summed E-state index contributed by atoms with van der Waals surface area (Å²) in [4.78, 5) is 34.0. The highest BCUT2D eigenvalue weighted by Gasteiger charge is 2.52. The number of alkyl halides is 2. The van der Waals surface area contributed by atoms with Crippen LogP contribution in [0.25, 0.3) is 10.8 Å². The Balaban J connectivity index is 1.82. The molecule has 0 spiro atoms. The van der Waals surface area contributed by atoms with Gasteiger partial charge in [0.1, 0.15) is 0 Å². The van der Waals surface area contributed by atoms with Crippen LogP contribution in [0.2, 0.25) is 0 Å². The van der Waals surface area contributed by atoms with E-state index in [4.69, 9.17) is 0 Å². The van der Waals surface area contributed by atoms with Crippen LogP contribution < -0.4 is 4.74 Å². The molecule has 3 rings (SSSR count). The molecule has 1 unspecified atom stereocenters. The van der Waals surface area contributed by atoms with Crippen LogP contribution in [-0.4, -0.2) is 28.3 Å². The Labute approximate surface area is 227 Å². The SMILES string of the molecule is CC(C)CC(=O)SCCOP(=O)(O)C(F)(F)c1ccc2ccc(C(=O)Oc3c(F)c(F)c(F)c(F)c3F)cc2c1. The molecule has 0 aliphatic rings. The van der Waals surface area contributed by atoms with Gasteiger partial charge in [0.2, 0.25) is 34.8 Å². The summed E-state index contributed by atoms with van der Waals surface area (Å²) in [6.45, 7) is 2.99. The van der Waals surface area contributed by atoms with Gasteiger partial charge >= 0.3 is 19.2 Å². The first-order chi connectivity index (χ1) is 18.6.